The third-order valence-electron chi connectivity index (χ3n) is 5.59. The van der Waals surface area contributed by atoms with Crippen LogP contribution in [0.15, 0.2) is 24.3 Å². The van der Waals surface area contributed by atoms with Gasteiger partial charge in [-0.25, -0.2) is 9.97 Å². The third-order valence-corrected chi connectivity index (χ3v) is 5.59. The van der Waals surface area contributed by atoms with Crippen LogP contribution in [0.1, 0.15) is 29.9 Å². The smallest absolute Gasteiger partial charge is 0.150 e. The molecule has 3 aromatic heterocycles. The fourth-order valence-corrected chi connectivity index (χ4v) is 4.17. The summed E-state index contributed by atoms with van der Waals surface area (Å²) in [5.41, 5.74) is 6.71. The Balaban J connectivity index is 1.84. The lowest BCUT2D eigenvalue weighted by molar-refractivity contribution is 0.0974. The summed E-state index contributed by atoms with van der Waals surface area (Å²) in [7, 11) is 0. The molecule has 1 fully saturated rings. The Bertz CT molecular complexity index is 1120. The van der Waals surface area contributed by atoms with E-state index in [0.717, 1.165) is 59.5 Å². The van der Waals surface area contributed by atoms with Crippen LogP contribution in [0.5, 0.6) is 0 Å². The Morgan fingerprint density at radius 2 is 1.96 bits per heavy atom. The second-order valence-corrected chi connectivity index (χ2v) is 7.07. The first kappa shape index (κ1) is 14.9. The van der Waals surface area contributed by atoms with E-state index < -0.39 is 0 Å². The average molecular weight is 334 g/mol. The molecule has 0 saturated carbocycles. The van der Waals surface area contributed by atoms with Gasteiger partial charge in [0.25, 0.3) is 0 Å². The molecule has 5 nitrogen and oxygen atoms in total. The normalized spacial score (nSPS) is 18.1. The summed E-state index contributed by atoms with van der Waals surface area (Å²) < 4.78 is 10.4. The Hall–Kier alpha value is -2.40. The molecule has 1 aliphatic heterocycles. The van der Waals surface area contributed by atoms with Crippen molar-refractivity contribution in [2.75, 3.05) is 6.61 Å². The minimum atomic E-state index is 0.297. The molecule has 1 saturated heterocycles. The van der Waals surface area contributed by atoms with Crippen LogP contribution in [0.25, 0.3) is 27.7 Å². The van der Waals surface area contributed by atoms with Crippen LogP contribution in [-0.4, -0.2) is 31.6 Å². The first-order valence-electron chi connectivity index (χ1n) is 9.00. The van der Waals surface area contributed by atoms with Crippen LogP contribution in [0.2, 0.25) is 0 Å². The molecule has 1 aliphatic rings. The van der Waals surface area contributed by atoms with Crippen molar-refractivity contribution >= 4 is 27.7 Å². The van der Waals surface area contributed by atoms with Gasteiger partial charge < -0.3 is 9.30 Å². The Labute approximate surface area is 146 Å². The molecule has 0 aliphatic carbocycles. The monoisotopic (exact) mass is 334 g/mol. The van der Waals surface area contributed by atoms with Crippen molar-refractivity contribution in [2.24, 2.45) is 0 Å². The Kier molecular flexibility index (Phi) is 3.16. The van der Waals surface area contributed by atoms with Gasteiger partial charge in [0.2, 0.25) is 0 Å². The molecule has 0 N–H and O–H groups in total. The van der Waals surface area contributed by atoms with Crippen molar-refractivity contribution < 1.29 is 4.74 Å². The molecule has 1 atom stereocenters. The molecule has 4 aromatic rings. The first-order valence-corrected chi connectivity index (χ1v) is 9.00. The quantitative estimate of drug-likeness (QED) is 0.558. The van der Waals surface area contributed by atoms with E-state index in [-0.39, 0.29) is 0 Å². The fourth-order valence-electron chi connectivity index (χ4n) is 4.17. The van der Waals surface area contributed by atoms with Crippen LogP contribution in [-0.2, 0) is 11.3 Å². The molecule has 25 heavy (non-hydrogen) atoms. The van der Waals surface area contributed by atoms with E-state index in [0.29, 0.717) is 6.10 Å². The zero-order chi connectivity index (χ0) is 17.1. The average Bonchev–Trinajstić information content (AvgIpc) is 3.30. The topological polar surface area (TPSA) is 44.4 Å². The summed E-state index contributed by atoms with van der Waals surface area (Å²) in [5.74, 6) is 0.974. The third kappa shape index (κ3) is 2.05. The zero-order valence-electron chi connectivity index (χ0n) is 14.9. The number of aryl methyl sites for hydroxylation is 2. The van der Waals surface area contributed by atoms with Gasteiger partial charge in [-0.05, 0) is 51.3 Å². The van der Waals surface area contributed by atoms with Crippen molar-refractivity contribution in [1.82, 2.24) is 18.9 Å². The number of ether oxygens (including phenoxy) is 1. The van der Waals surface area contributed by atoms with Crippen LogP contribution < -0.4 is 0 Å². The molecule has 5 heteroatoms. The van der Waals surface area contributed by atoms with Gasteiger partial charge in [0.15, 0.2) is 5.65 Å². The van der Waals surface area contributed by atoms with Crippen LogP contribution in [0, 0.1) is 20.8 Å². The lowest BCUT2D eigenvalue weighted by Crippen LogP contribution is -2.16. The molecule has 0 spiro atoms. The summed E-state index contributed by atoms with van der Waals surface area (Å²) in [6.07, 6.45) is 2.59. The SMILES string of the molecule is Cc1c(C)n(C[C@H]2CCCO2)c2nc(C)n3c4ccccc4nc3c12. The minimum Gasteiger partial charge on any atom is -0.376 e. The maximum atomic E-state index is 5.87. The lowest BCUT2D eigenvalue weighted by atomic mass is 10.2. The number of hydrogen-bond donors (Lipinski definition) is 0. The number of rotatable bonds is 2. The van der Waals surface area contributed by atoms with Gasteiger partial charge in [-0.1, -0.05) is 12.1 Å². The van der Waals surface area contributed by atoms with Crippen molar-refractivity contribution in [1.29, 1.82) is 0 Å². The maximum absolute atomic E-state index is 5.87. The number of aromatic nitrogens is 4. The molecule has 5 rings (SSSR count). The highest BCUT2D eigenvalue weighted by Crippen LogP contribution is 2.31. The van der Waals surface area contributed by atoms with Gasteiger partial charge in [-0.3, -0.25) is 4.40 Å². The Morgan fingerprint density at radius 3 is 2.76 bits per heavy atom. The number of fused-ring (bicyclic) bond motifs is 5. The number of benzene rings is 1. The largest absolute Gasteiger partial charge is 0.376 e. The second-order valence-electron chi connectivity index (χ2n) is 7.07. The van der Waals surface area contributed by atoms with Crippen molar-refractivity contribution in [3.8, 4) is 0 Å². The lowest BCUT2D eigenvalue weighted by Gasteiger charge is -2.13. The fraction of sp³-hybridized carbons (Fsp3) is 0.400. The predicted octanol–water partition coefficient (Wildman–Crippen LogP) is 3.94. The van der Waals surface area contributed by atoms with Crippen molar-refractivity contribution in [3.63, 3.8) is 0 Å². The maximum Gasteiger partial charge on any atom is 0.150 e. The molecule has 0 unspecified atom stereocenters. The molecular weight excluding hydrogens is 312 g/mol. The molecule has 0 bridgehead atoms. The van der Waals surface area contributed by atoms with E-state index in [4.69, 9.17) is 14.7 Å². The summed E-state index contributed by atoms with van der Waals surface area (Å²) >= 11 is 0. The summed E-state index contributed by atoms with van der Waals surface area (Å²) in [4.78, 5) is 9.91. The van der Waals surface area contributed by atoms with E-state index in [2.05, 4.69) is 47.9 Å². The van der Waals surface area contributed by atoms with E-state index in [9.17, 15) is 0 Å². The van der Waals surface area contributed by atoms with E-state index in [1.54, 1.807) is 0 Å². The van der Waals surface area contributed by atoms with Crippen LogP contribution in [0.4, 0.5) is 0 Å². The minimum absolute atomic E-state index is 0.297. The van der Waals surface area contributed by atoms with Gasteiger partial charge in [0, 0.05) is 12.3 Å². The molecule has 4 heterocycles. The van der Waals surface area contributed by atoms with E-state index in [1.807, 2.05) is 6.07 Å². The Morgan fingerprint density at radius 1 is 1.12 bits per heavy atom. The van der Waals surface area contributed by atoms with Crippen molar-refractivity contribution in [3.05, 3.63) is 41.3 Å². The summed E-state index contributed by atoms with van der Waals surface area (Å²) in [6, 6.07) is 8.27. The van der Waals surface area contributed by atoms with Crippen molar-refractivity contribution in [2.45, 2.75) is 46.3 Å². The molecular formula is C20H22N4O. The van der Waals surface area contributed by atoms with E-state index >= 15 is 0 Å². The second kappa shape index (κ2) is 5.30. The van der Waals surface area contributed by atoms with Gasteiger partial charge in [-0.2, -0.15) is 0 Å². The summed E-state index contributed by atoms with van der Waals surface area (Å²) in [5, 5.41) is 1.16. The highest BCUT2D eigenvalue weighted by atomic mass is 16.5. The predicted molar refractivity (Wildman–Crippen MR) is 99.2 cm³/mol. The molecule has 1 aromatic carbocycles. The number of para-hydroxylation sites is 2. The first-order chi connectivity index (χ1) is 12.1. The highest BCUT2D eigenvalue weighted by molar-refractivity contribution is 5.98. The number of nitrogens with zero attached hydrogens (tertiary/aromatic N) is 4. The van der Waals surface area contributed by atoms with Gasteiger partial charge in [0.05, 0.1) is 29.1 Å². The number of hydrogen-bond acceptors (Lipinski definition) is 3. The van der Waals surface area contributed by atoms with Crippen LogP contribution >= 0.6 is 0 Å². The zero-order valence-corrected chi connectivity index (χ0v) is 14.9. The van der Waals surface area contributed by atoms with Gasteiger partial charge in [0.1, 0.15) is 11.5 Å². The highest BCUT2D eigenvalue weighted by Gasteiger charge is 2.23. The van der Waals surface area contributed by atoms with Gasteiger partial charge >= 0.3 is 0 Å². The molecule has 128 valence electrons. The molecule has 0 amide bonds. The van der Waals surface area contributed by atoms with E-state index in [1.165, 1.54) is 11.3 Å². The molecule has 0 radical (unpaired) electrons. The number of imidazole rings is 1. The van der Waals surface area contributed by atoms with Gasteiger partial charge in [-0.15, -0.1) is 0 Å². The standard InChI is InChI=1S/C20H22N4O/c1-12-13(2)23(11-15-7-6-10-25-15)19-18(12)20-22-16-8-4-5-9-17(16)24(20)14(3)21-19/h4-5,8-9,15H,6-7,10-11H2,1-3H3/t15-/m1/s1. The summed E-state index contributed by atoms with van der Waals surface area (Å²) in [6.45, 7) is 8.18. The van der Waals surface area contributed by atoms with Crippen LogP contribution in [0.3, 0.4) is 0 Å².